The molecule has 0 heterocycles. The molecule has 0 amide bonds. The van der Waals surface area contributed by atoms with Gasteiger partial charge >= 0.3 is 17.9 Å². The summed E-state index contributed by atoms with van der Waals surface area (Å²) in [6.45, 7) is 13.7. The Morgan fingerprint density at radius 2 is 1.71 bits per heavy atom. The van der Waals surface area contributed by atoms with E-state index in [1.165, 1.54) is 6.92 Å². The van der Waals surface area contributed by atoms with E-state index < -0.39 is 69.6 Å². The molecule has 13 unspecified atom stereocenters. The van der Waals surface area contributed by atoms with E-state index in [1.54, 1.807) is 0 Å². The van der Waals surface area contributed by atoms with Gasteiger partial charge in [-0.05, 0) is 85.0 Å². The molecular weight excluding hydrogens is 603 g/mol. The molecule has 0 aromatic heterocycles. The summed E-state index contributed by atoms with van der Waals surface area (Å²) in [6, 6.07) is 0. The lowest BCUT2D eigenvalue weighted by Crippen LogP contribution is -2.72. The SMILES string of the molecule is CC(=O)OC1CC2(C)C(CCC3C4(C)CCC(O)C(C)C4C(OC(=O)C4CC4(F)Cl)C(O)C32C)/C1=C(\CCCC(C)C)C(=O)O. The number of alkyl halides is 2. The topological polar surface area (TPSA) is 130 Å². The summed E-state index contributed by atoms with van der Waals surface area (Å²) in [5.41, 5.74) is -1.13. The number of ether oxygens (including phenoxy) is 2. The maximum absolute atomic E-state index is 14.4. The van der Waals surface area contributed by atoms with Crippen LogP contribution >= 0.6 is 11.6 Å². The van der Waals surface area contributed by atoms with E-state index in [-0.39, 0.29) is 30.1 Å². The maximum Gasteiger partial charge on any atom is 0.331 e. The van der Waals surface area contributed by atoms with Gasteiger partial charge in [0, 0.05) is 30.3 Å². The van der Waals surface area contributed by atoms with Crippen LogP contribution in [0.2, 0.25) is 0 Å². The quantitative estimate of drug-likeness (QED) is 0.160. The highest BCUT2D eigenvalue weighted by Gasteiger charge is 2.74. The number of aliphatic hydroxyl groups is 2. The molecule has 5 rings (SSSR count). The lowest BCUT2D eigenvalue weighted by atomic mass is 9.35. The third-order valence-corrected chi connectivity index (χ3v) is 13.7. The summed E-state index contributed by atoms with van der Waals surface area (Å²) in [4.78, 5) is 38.5. The number of hydrogen-bond acceptors (Lipinski definition) is 7. The summed E-state index contributed by atoms with van der Waals surface area (Å²) in [7, 11) is 0. The molecule has 0 bridgehead atoms. The number of aliphatic hydroxyl groups excluding tert-OH is 2. The Bertz CT molecular complexity index is 1250. The van der Waals surface area contributed by atoms with Crippen molar-refractivity contribution in [2.45, 2.75) is 136 Å². The lowest BCUT2D eigenvalue weighted by molar-refractivity contribution is -0.288. The van der Waals surface area contributed by atoms with E-state index >= 15 is 0 Å². The van der Waals surface area contributed by atoms with Gasteiger partial charge < -0.3 is 24.8 Å². The van der Waals surface area contributed by atoms with Crippen molar-refractivity contribution < 1.29 is 43.6 Å². The highest BCUT2D eigenvalue weighted by molar-refractivity contribution is 6.26. The number of halogens is 2. The summed E-state index contributed by atoms with van der Waals surface area (Å²) in [6.07, 6.45) is 1.06. The highest BCUT2D eigenvalue weighted by Crippen LogP contribution is 2.75. The van der Waals surface area contributed by atoms with Crippen molar-refractivity contribution in [3.63, 3.8) is 0 Å². The summed E-state index contributed by atoms with van der Waals surface area (Å²) >= 11 is 5.82. The number of aliphatic carboxylic acids is 1. The van der Waals surface area contributed by atoms with Gasteiger partial charge in [-0.2, -0.15) is 0 Å². The van der Waals surface area contributed by atoms with E-state index in [9.17, 15) is 34.1 Å². The van der Waals surface area contributed by atoms with Gasteiger partial charge in [0.25, 0.3) is 0 Å². The first-order chi connectivity index (χ1) is 20.8. The van der Waals surface area contributed by atoms with Crippen LogP contribution in [0, 0.1) is 51.8 Å². The van der Waals surface area contributed by atoms with E-state index in [4.69, 9.17) is 21.1 Å². The molecule has 5 fully saturated rings. The van der Waals surface area contributed by atoms with Gasteiger partial charge in [-0.3, -0.25) is 9.59 Å². The molecule has 13 atom stereocenters. The van der Waals surface area contributed by atoms with Crippen LogP contribution in [0.1, 0.15) is 106 Å². The van der Waals surface area contributed by atoms with Gasteiger partial charge in [0.1, 0.15) is 18.1 Å². The zero-order valence-electron chi connectivity index (χ0n) is 27.8. The monoisotopic (exact) mass is 654 g/mol. The first-order valence-corrected chi connectivity index (χ1v) is 17.3. The molecule has 0 aliphatic heterocycles. The van der Waals surface area contributed by atoms with Gasteiger partial charge in [-0.25, -0.2) is 9.18 Å². The minimum absolute atomic E-state index is 0.0584. The van der Waals surface area contributed by atoms with E-state index in [1.807, 2.05) is 13.8 Å². The fourth-order valence-corrected chi connectivity index (χ4v) is 11.0. The van der Waals surface area contributed by atoms with E-state index in [0.717, 1.165) is 6.42 Å². The van der Waals surface area contributed by atoms with Crippen LogP contribution in [0.15, 0.2) is 11.1 Å². The van der Waals surface area contributed by atoms with Crippen molar-refractivity contribution in [1.82, 2.24) is 0 Å². The van der Waals surface area contributed by atoms with Crippen LogP contribution in [-0.2, 0) is 23.9 Å². The number of carbonyl (C=O) groups is 3. The van der Waals surface area contributed by atoms with Crippen molar-refractivity contribution in [3.8, 4) is 0 Å². The molecule has 5 aliphatic carbocycles. The predicted molar refractivity (Wildman–Crippen MR) is 166 cm³/mol. The average Bonchev–Trinajstić information content (AvgIpc) is 3.48. The van der Waals surface area contributed by atoms with Crippen LogP contribution in [0.25, 0.3) is 0 Å². The van der Waals surface area contributed by atoms with Gasteiger partial charge in [0.2, 0.25) is 0 Å². The van der Waals surface area contributed by atoms with Crippen LogP contribution in [0.5, 0.6) is 0 Å². The zero-order valence-corrected chi connectivity index (χ0v) is 28.5. The Morgan fingerprint density at radius 1 is 1.07 bits per heavy atom. The lowest BCUT2D eigenvalue weighted by Gasteiger charge is -2.70. The normalized spacial score (nSPS) is 48.1. The molecule has 5 saturated carbocycles. The number of esters is 2. The zero-order chi connectivity index (χ0) is 33.4. The largest absolute Gasteiger partial charge is 0.478 e. The van der Waals surface area contributed by atoms with Crippen LogP contribution < -0.4 is 0 Å². The van der Waals surface area contributed by atoms with Gasteiger partial charge in [-0.1, -0.05) is 59.6 Å². The van der Waals surface area contributed by atoms with Gasteiger partial charge in [-0.15, -0.1) is 0 Å². The standard InChI is InChI=1S/C35H52ClFO8/c1-17(2)9-8-10-20(30(41)42)26-21-11-12-25-32(5)14-13-23(39)18(3)27(32)28(45-31(43)22-15-35(22,36)37)29(40)34(25,7)33(21,6)16-24(26)44-19(4)38/h17-18,21-25,27-29,39-40H,8-16H2,1-7H3,(H,41,42)/b26-20-. The average molecular weight is 655 g/mol. The van der Waals surface area contributed by atoms with Crippen LogP contribution in [0.4, 0.5) is 4.39 Å². The summed E-state index contributed by atoms with van der Waals surface area (Å²) in [5.74, 6) is -4.00. The number of carboxylic acid groups (broad SMARTS) is 1. The molecular formula is C35H52ClFO8. The van der Waals surface area contributed by atoms with Crippen molar-refractivity contribution in [1.29, 1.82) is 0 Å². The summed E-state index contributed by atoms with van der Waals surface area (Å²) < 4.78 is 26.4. The molecule has 254 valence electrons. The smallest absolute Gasteiger partial charge is 0.331 e. The second-order valence-corrected chi connectivity index (χ2v) is 16.7. The minimum atomic E-state index is -2.16. The van der Waals surface area contributed by atoms with Crippen LogP contribution in [0.3, 0.4) is 0 Å². The molecule has 3 N–H and O–H groups in total. The fourth-order valence-electron chi connectivity index (χ4n) is 10.8. The Kier molecular flexibility index (Phi) is 9.05. The molecule has 5 aliphatic rings. The van der Waals surface area contributed by atoms with E-state index in [0.29, 0.717) is 62.0 Å². The second kappa shape index (κ2) is 11.8. The number of rotatable bonds is 8. The first kappa shape index (κ1) is 34.6. The van der Waals surface area contributed by atoms with Gasteiger partial charge in [0.05, 0.1) is 12.2 Å². The van der Waals surface area contributed by atoms with Crippen molar-refractivity contribution in [2.24, 2.45) is 51.8 Å². The molecule has 8 nitrogen and oxygen atoms in total. The number of carboxylic acids is 1. The van der Waals surface area contributed by atoms with Gasteiger partial charge in [0.15, 0.2) is 5.13 Å². The Morgan fingerprint density at radius 3 is 2.27 bits per heavy atom. The molecule has 45 heavy (non-hydrogen) atoms. The fraction of sp³-hybridized carbons (Fsp3) is 0.857. The minimum Gasteiger partial charge on any atom is -0.478 e. The molecule has 0 aromatic rings. The molecule has 0 saturated heterocycles. The second-order valence-electron chi connectivity index (χ2n) is 16.1. The third kappa shape index (κ3) is 5.44. The van der Waals surface area contributed by atoms with Crippen LogP contribution in [-0.4, -0.2) is 62.8 Å². The first-order valence-electron chi connectivity index (χ1n) is 16.9. The highest BCUT2D eigenvalue weighted by atomic mass is 35.5. The molecule has 10 heteroatoms. The van der Waals surface area contributed by atoms with E-state index in [2.05, 4.69) is 27.7 Å². The van der Waals surface area contributed by atoms with Crippen molar-refractivity contribution in [2.75, 3.05) is 0 Å². The Hall–Kier alpha value is -1.71. The summed E-state index contributed by atoms with van der Waals surface area (Å²) in [5, 5.41) is 31.9. The molecule has 0 spiro atoms. The maximum atomic E-state index is 14.4. The Labute approximate surface area is 271 Å². The predicted octanol–water partition coefficient (Wildman–Crippen LogP) is 6.19. The molecule has 0 aromatic carbocycles. The molecule has 0 radical (unpaired) electrons. The van der Waals surface area contributed by atoms with Crippen molar-refractivity contribution >= 4 is 29.5 Å². The Balaban J connectivity index is 1.62. The third-order valence-electron chi connectivity index (χ3n) is 13.3. The van der Waals surface area contributed by atoms with Crippen molar-refractivity contribution in [3.05, 3.63) is 11.1 Å². The number of carbonyl (C=O) groups excluding carboxylic acids is 2. The number of hydrogen-bond donors (Lipinski definition) is 3. The number of fused-ring (bicyclic) bond motifs is 5.